The van der Waals surface area contributed by atoms with Gasteiger partial charge in [0.05, 0.1) is 23.5 Å². The number of alkyl halides is 1. The Labute approximate surface area is 129 Å². The first-order valence-electron chi connectivity index (χ1n) is 6.99. The lowest BCUT2D eigenvalue weighted by atomic mass is 9.77. The summed E-state index contributed by atoms with van der Waals surface area (Å²) in [5.41, 5.74) is 1.20. The van der Waals surface area contributed by atoms with Gasteiger partial charge in [0.2, 0.25) is 0 Å². The summed E-state index contributed by atoms with van der Waals surface area (Å²) in [4.78, 5) is 19.8. The van der Waals surface area contributed by atoms with Crippen LogP contribution in [0.3, 0.4) is 0 Å². The summed E-state index contributed by atoms with van der Waals surface area (Å²) in [7, 11) is 0. The zero-order valence-corrected chi connectivity index (χ0v) is 12.4. The molecule has 2 aromatic rings. The molecule has 3 rings (SSSR count). The highest BCUT2D eigenvalue weighted by atomic mass is 32.1. The number of hydrogen-bond acceptors (Lipinski definition) is 4. The molecule has 1 saturated carbocycles. The SMILES string of the molecule is O=C(O)C1CC(F)CCC1c1csc(-c2ccc(F)cn2)n1. The summed E-state index contributed by atoms with van der Waals surface area (Å²) in [6.07, 6.45) is 0.912. The minimum atomic E-state index is -1.06. The Hall–Kier alpha value is -1.89. The summed E-state index contributed by atoms with van der Waals surface area (Å²) >= 11 is 1.33. The van der Waals surface area contributed by atoms with E-state index in [1.165, 1.54) is 23.5 Å². The van der Waals surface area contributed by atoms with E-state index >= 15 is 0 Å². The molecule has 2 aromatic heterocycles. The first-order valence-corrected chi connectivity index (χ1v) is 7.87. The Morgan fingerprint density at radius 1 is 1.36 bits per heavy atom. The molecule has 3 atom stereocenters. The molecule has 0 amide bonds. The van der Waals surface area contributed by atoms with Gasteiger partial charge in [-0.2, -0.15) is 0 Å². The van der Waals surface area contributed by atoms with Gasteiger partial charge >= 0.3 is 5.97 Å². The van der Waals surface area contributed by atoms with E-state index in [9.17, 15) is 18.7 Å². The maximum absolute atomic E-state index is 13.5. The molecule has 4 nitrogen and oxygen atoms in total. The van der Waals surface area contributed by atoms with Crippen molar-refractivity contribution < 1.29 is 18.7 Å². The largest absolute Gasteiger partial charge is 0.481 e. The summed E-state index contributed by atoms with van der Waals surface area (Å²) < 4.78 is 26.4. The van der Waals surface area contributed by atoms with E-state index in [4.69, 9.17) is 0 Å². The molecule has 22 heavy (non-hydrogen) atoms. The molecule has 0 bridgehead atoms. The highest BCUT2D eigenvalue weighted by Gasteiger charge is 2.37. The molecule has 0 spiro atoms. The second-order valence-electron chi connectivity index (χ2n) is 5.40. The number of carboxylic acid groups (broad SMARTS) is 1. The number of hydrogen-bond donors (Lipinski definition) is 1. The van der Waals surface area contributed by atoms with Gasteiger partial charge in [-0.05, 0) is 31.4 Å². The number of pyridine rings is 1. The fraction of sp³-hybridized carbons (Fsp3) is 0.400. The Morgan fingerprint density at radius 2 is 2.18 bits per heavy atom. The second-order valence-corrected chi connectivity index (χ2v) is 6.26. The minimum Gasteiger partial charge on any atom is -0.481 e. The average molecular weight is 324 g/mol. The van der Waals surface area contributed by atoms with Gasteiger partial charge in [-0.3, -0.25) is 9.78 Å². The molecule has 116 valence electrons. The molecule has 0 aliphatic heterocycles. The number of aliphatic carboxylic acids is 1. The molecule has 0 aromatic carbocycles. The molecule has 7 heteroatoms. The van der Waals surface area contributed by atoms with Gasteiger partial charge in [-0.1, -0.05) is 0 Å². The lowest BCUT2D eigenvalue weighted by molar-refractivity contribution is -0.144. The van der Waals surface area contributed by atoms with Gasteiger partial charge in [-0.25, -0.2) is 13.8 Å². The second kappa shape index (κ2) is 6.08. The van der Waals surface area contributed by atoms with Gasteiger partial charge < -0.3 is 5.11 Å². The number of thiazole rings is 1. The van der Waals surface area contributed by atoms with E-state index in [0.717, 1.165) is 6.20 Å². The van der Waals surface area contributed by atoms with Crippen LogP contribution in [0.4, 0.5) is 8.78 Å². The van der Waals surface area contributed by atoms with Crippen LogP contribution in [0.25, 0.3) is 10.7 Å². The molecule has 1 aliphatic rings. The van der Waals surface area contributed by atoms with Crippen molar-refractivity contribution in [2.24, 2.45) is 5.92 Å². The zero-order chi connectivity index (χ0) is 15.7. The normalized spacial score (nSPS) is 25.1. The van der Waals surface area contributed by atoms with Crippen molar-refractivity contribution in [1.82, 2.24) is 9.97 Å². The predicted octanol–water partition coefficient (Wildman–Crippen LogP) is 3.65. The Kier molecular flexibility index (Phi) is 4.15. The van der Waals surface area contributed by atoms with Crippen LogP contribution >= 0.6 is 11.3 Å². The quantitative estimate of drug-likeness (QED) is 0.936. The number of aromatic nitrogens is 2. The first kappa shape index (κ1) is 15.0. The van der Waals surface area contributed by atoms with E-state index in [1.54, 1.807) is 5.38 Å². The molecule has 1 aliphatic carbocycles. The van der Waals surface area contributed by atoms with Gasteiger partial charge in [0.1, 0.15) is 17.0 Å². The van der Waals surface area contributed by atoms with Crippen LogP contribution in [0.15, 0.2) is 23.7 Å². The van der Waals surface area contributed by atoms with Crippen LogP contribution < -0.4 is 0 Å². The zero-order valence-electron chi connectivity index (χ0n) is 11.6. The summed E-state index contributed by atoms with van der Waals surface area (Å²) in [6, 6.07) is 2.84. The van der Waals surface area contributed by atoms with Crippen LogP contribution in [-0.2, 0) is 4.79 Å². The van der Waals surface area contributed by atoms with Crippen molar-refractivity contribution in [2.45, 2.75) is 31.4 Å². The maximum atomic E-state index is 13.5. The van der Waals surface area contributed by atoms with Crippen molar-refractivity contribution in [3.63, 3.8) is 0 Å². The van der Waals surface area contributed by atoms with Crippen molar-refractivity contribution >= 4 is 17.3 Å². The fourth-order valence-corrected chi connectivity index (χ4v) is 3.68. The van der Waals surface area contributed by atoms with Gasteiger partial charge in [-0.15, -0.1) is 11.3 Å². The molecular weight excluding hydrogens is 310 g/mol. The van der Waals surface area contributed by atoms with E-state index in [0.29, 0.717) is 29.2 Å². The van der Waals surface area contributed by atoms with Crippen LogP contribution in [0.1, 0.15) is 30.9 Å². The van der Waals surface area contributed by atoms with Crippen molar-refractivity contribution in [3.8, 4) is 10.7 Å². The molecule has 1 N–H and O–H groups in total. The molecule has 1 fully saturated rings. The van der Waals surface area contributed by atoms with Crippen molar-refractivity contribution in [2.75, 3.05) is 0 Å². The number of nitrogens with zero attached hydrogens (tertiary/aromatic N) is 2. The van der Waals surface area contributed by atoms with Crippen LogP contribution in [0, 0.1) is 11.7 Å². The third-order valence-electron chi connectivity index (χ3n) is 3.95. The summed E-state index contributed by atoms with van der Waals surface area (Å²) in [6.45, 7) is 0. The Bertz CT molecular complexity index is 674. The fourth-order valence-electron chi connectivity index (χ4n) is 2.82. The number of carbonyl (C=O) groups is 1. The Morgan fingerprint density at radius 3 is 2.86 bits per heavy atom. The van der Waals surface area contributed by atoms with E-state index in [-0.39, 0.29) is 12.3 Å². The monoisotopic (exact) mass is 324 g/mol. The van der Waals surface area contributed by atoms with Gasteiger partial charge in [0, 0.05) is 11.3 Å². The van der Waals surface area contributed by atoms with E-state index < -0.39 is 23.9 Å². The smallest absolute Gasteiger partial charge is 0.307 e. The first-order chi connectivity index (χ1) is 10.5. The van der Waals surface area contributed by atoms with E-state index in [2.05, 4.69) is 9.97 Å². The lowest BCUT2D eigenvalue weighted by Crippen LogP contribution is -2.30. The number of halogens is 2. The summed E-state index contributed by atoms with van der Waals surface area (Å²) in [5.74, 6) is -2.44. The number of carboxylic acids is 1. The molecule has 2 heterocycles. The van der Waals surface area contributed by atoms with Gasteiger partial charge in [0.25, 0.3) is 0 Å². The third kappa shape index (κ3) is 2.99. The predicted molar refractivity (Wildman–Crippen MR) is 77.9 cm³/mol. The number of rotatable bonds is 3. The highest BCUT2D eigenvalue weighted by Crippen LogP contribution is 2.40. The molecule has 0 radical (unpaired) electrons. The third-order valence-corrected chi connectivity index (χ3v) is 4.83. The van der Waals surface area contributed by atoms with Crippen molar-refractivity contribution in [1.29, 1.82) is 0 Å². The standard InChI is InChI=1S/C15H14F2N2O2S/c16-8-1-3-10(11(5-8)15(20)21)13-7-22-14(19-13)12-4-2-9(17)6-18-12/h2,4,6-8,10-11H,1,3,5H2,(H,20,21). The average Bonchev–Trinajstić information content (AvgIpc) is 2.97. The Balaban J connectivity index is 1.86. The lowest BCUT2D eigenvalue weighted by Gasteiger charge is -2.29. The van der Waals surface area contributed by atoms with Gasteiger partial charge in [0.15, 0.2) is 0 Å². The molecule has 3 unspecified atom stereocenters. The van der Waals surface area contributed by atoms with Crippen molar-refractivity contribution in [3.05, 3.63) is 35.2 Å². The molecule has 0 saturated heterocycles. The maximum Gasteiger partial charge on any atom is 0.307 e. The summed E-state index contributed by atoms with van der Waals surface area (Å²) in [5, 5.41) is 11.7. The molecular formula is C15H14F2N2O2S. The van der Waals surface area contributed by atoms with Crippen LogP contribution in [0.5, 0.6) is 0 Å². The minimum absolute atomic E-state index is 0.0294. The van der Waals surface area contributed by atoms with Crippen LogP contribution in [-0.4, -0.2) is 27.2 Å². The van der Waals surface area contributed by atoms with Crippen LogP contribution in [0.2, 0.25) is 0 Å². The topological polar surface area (TPSA) is 63.1 Å². The highest BCUT2D eigenvalue weighted by molar-refractivity contribution is 7.13. The van der Waals surface area contributed by atoms with E-state index in [1.807, 2.05) is 0 Å².